The Hall–Kier alpha value is -0.0800. The van der Waals surface area contributed by atoms with Crippen LogP contribution in [0.15, 0.2) is 0 Å². The molecule has 2 heteroatoms. The molecule has 1 saturated carbocycles. The van der Waals surface area contributed by atoms with E-state index in [1.165, 1.54) is 25.7 Å². The maximum atomic E-state index is 5.81. The molecule has 0 aromatic carbocycles. The van der Waals surface area contributed by atoms with Gasteiger partial charge in [-0.3, -0.25) is 0 Å². The van der Waals surface area contributed by atoms with Gasteiger partial charge in [0.1, 0.15) is 0 Å². The maximum Gasteiger partial charge on any atom is 0.168 e. The molecule has 88 valence electrons. The standard InChI is InChI=1S/C13H24O2/c1-3-13(14-7-8-15-13)10-12-6-4-5-11(2)9-12/h11-12H,3-10H2,1-2H3/t11-,12?/m1/s1. The molecule has 0 N–H and O–H groups in total. The molecular formula is C13H24O2. The average molecular weight is 212 g/mol. The lowest BCUT2D eigenvalue weighted by molar-refractivity contribution is -0.174. The number of hydrogen-bond acceptors (Lipinski definition) is 2. The normalized spacial score (nSPS) is 35.6. The maximum absolute atomic E-state index is 5.81. The Kier molecular flexibility index (Phi) is 3.68. The summed E-state index contributed by atoms with van der Waals surface area (Å²) >= 11 is 0. The molecule has 1 unspecified atom stereocenters. The second-order valence-corrected chi connectivity index (χ2v) is 5.30. The van der Waals surface area contributed by atoms with Crippen molar-refractivity contribution in [2.45, 2.75) is 58.2 Å². The molecule has 2 aliphatic rings. The van der Waals surface area contributed by atoms with Gasteiger partial charge in [-0.05, 0) is 24.7 Å². The zero-order valence-electron chi connectivity index (χ0n) is 10.1. The lowest BCUT2D eigenvalue weighted by Gasteiger charge is -2.34. The zero-order chi connectivity index (χ0) is 10.7. The fourth-order valence-corrected chi connectivity index (χ4v) is 3.15. The third-order valence-electron chi connectivity index (χ3n) is 4.00. The minimum Gasteiger partial charge on any atom is -0.348 e. The molecular weight excluding hydrogens is 188 g/mol. The molecule has 0 spiro atoms. The van der Waals surface area contributed by atoms with E-state index in [1.54, 1.807) is 0 Å². The van der Waals surface area contributed by atoms with Gasteiger partial charge >= 0.3 is 0 Å². The summed E-state index contributed by atoms with van der Waals surface area (Å²) in [6.07, 6.45) is 7.67. The van der Waals surface area contributed by atoms with Crippen molar-refractivity contribution in [1.82, 2.24) is 0 Å². The topological polar surface area (TPSA) is 18.5 Å². The van der Waals surface area contributed by atoms with Gasteiger partial charge in [0.25, 0.3) is 0 Å². The van der Waals surface area contributed by atoms with Crippen molar-refractivity contribution in [3.63, 3.8) is 0 Å². The summed E-state index contributed by atoms with van der Waals surface area (Å²) in [7, 11) is 0. The van der Waals surface area contributed by atoms with Crippen molar-refractivity contribution in [2.75, 3.05) is 13.2 Å². The monoisotopic (exact) mass is 212 g/mol. The molecule has 2 fully saturated rings. The van der Waals surface area contributed by atoms with Gasteiger partial charge in [-0.1, -0.05) is 33.1 Å². The van der Waals surface area contributed by atoms with Crippen LogP contribution >= 0.6 is 0 Å². The van der Waals surface area contributed by atoms with Crippen LogP contribution in [0.2, 0.25) is 0 Å². The largest absolute Gasteiger partial charge is 0.348 e. The number of hydrogen-bond donors (Lipinski definition) is 0. The highest BCUT2D eigenvalue weighted by Crippen LogP contribution is 2.38. The molecule has 1 heterocycles. The molecule has 0 aromatic rings. The van der Waals surface area contributed by atoms with Crippen LogP contribution in [0.3, 0.4) is 0 Å². The van der Waals surface area contributed by atoms with Crippen LogP contribution in [-0.2, 0) is 9.47 Å². The molecule has 2 atom stereocenters. The second kappa shape index (κ2) is 4.84. The van der Waals surface area contributed by atoms with Crippen LogP contribution in [-0.4, -0.2) is 19.0 Å². The van der Waals surface area contributed by atoms with Crippen molar-refractivity contribution in [2.24, 2.45) is 11.8 Å². The van der Waals surface area contributed by atoms with Crippen molar-refractivity contribution in [3.8, 4) is 0 Å². The minimum atomic E-state index is -0.221. The van der Waals surface area contributed by atoms with Gasteiger partial charge in [-0.25, -0.2) is 0 Å². The molecule has 0 amide bonds. The van der Waals surface area contributed by atoms with Gasteiger partial charge < -0.3 is 9.47 Å². The van der Waals surface area contributed by atoms with Gasteiger partial charge in [0, 0.05) is 6.42 Å². The summed E-state index contributed by atoms with van der Waals surface area (Å²) in [6, 6.07) is 0. The predicted octanol–water partition coefficient (Wildman–Crippen LogP) is 3.36. The Morgan fingerprint density at radius 1 is 1.20 bits per heavy atom. The summed E-state index contributed by atoms with van der Waals surface area (Å²) in [5.74, 6) is 1.51. The third kappa shape index (κ3) is 2.73. The van der Waals surface area contributed by atoms with E-state index in [0.717, 1.165) is 37.9 Å². The first-order valence-corrected chi connectivity index (χ1v) is 6.52. The Balaban J connectivity index is 1.88. The van der Waals surface area contributed by atoms with E-state index < -0.39 is 0 Å². The number of ether oxygens (including phenoxy) is 2. The van der Waals surface area contributed by atoms with Gasteiger partial charge in [0.2, 0.25) is 0 Å². The second-order valence-electron chi connectivity index (χ2n) is 5.30. The SMILES string of the molecule is CCC1(CC2CCC[C@@H](C)C2)OCCO1. The average Bonchev–Trinajstić information content (AvgIpc) is 2.67. The molecule has 1 saturated heterocycles. The van der Waals surface area contributed by atoms with Crippen LogP contribution < -0.4 is 0 Å². The van der Waals surface area contributed by atoms with Crippen LogP contribution in [0.25, 0.3) is 0 Å². The Labute approximate surface area is 93.3 Å². The highest BCUT2D eigenvalue weighted by Gasteiger charge is 2.37. The van der Waals surface area contributed by atoms with Gasteiger partial charge in [0.05, 0.1) is 13.2 Å². The van der Waals surface area contributed by atoms with Gasteiger partial charge in [-0.2, -0.15) is 0 Å². The van der Waals surface area contributed by atoms with E-state index in [0.29, 0.717) is 0 Å². The van der Waals surface area contributed by atoms with Crippen molar-refractivity contribution in [3.05, 3.63) is 0 Å². The molecule has 0 aromatic heterocycles. The first-order chi connectivity index (χ1) is 7.24. The van der Waals surface area contributed by atoms with Crippen LogP contribution in [0, 0.1) is 11.8 Å². The Morgan fingerprint density at radius 3 is 2.53 bits per heavy atom. The van der Waals surface area contributed by atoms with Crippen LogP contribution in [0.4, 0.5) is 0 Å². The summed E-state index contributed by atoms with van der Waals surface area (Å²) in [5, 5.41) is 0. The smallest absolute Gasteiger partial charge is 0.168 e. The van der Waals surface area contributed by atoms with Crippen molar-refractivity contribution < 1.29 is 9.47 Å². The fraction of sp³-hybridized carbons (Fsp3) is 1.00. The van der Waals surface area contributed by atoms with Gasteiger partial charge in [-0.15, -0.1) is 0 Å². The van der Waals surface area contributed by atoms with Crippen molar-refractivity contribution in [1.29, 1.82) is 0 Å². The summed E-state index contributed by atoms with van der Waals surface area (Å²) in [6.45, 7) is 6.13. The molecule has 2 nitrogen and oxygen atoms in total. The first-order valence-electron chi connectivity index (χ1n) is 6.52. The van der Waals surface area contributed by atoms with E-state index in [9.17, 15) is 0 Å². The summed E-state index contributed by atoms with van der Waals surface area (Å²) in [5.41, 5.74) is 0. The molecule has 1 aliphatic heterocycles. The molecule has 0 bridgehead atoms. The van der Waals surface area contributed by atoms with E-state index in [4.69, 9.17) is 9.47 Å². The summed E-state index contributed by atoms with van der Waals surface area (Å²) in [4.78, 5) is 0. The Bertz CT molecular complexity index is 197. The van der Waals surface area contributed by atoms with E-state index in [1.807, 2.05) is 0 Å². The highest BCUT2D eigenvalue weighted by molar-refractivity contribution is 4.80. The number of rotatable bonds is 3. The summed E-state index contributed by atoms with van der Waals surface area (Å²) < 4.78 is 11.6. The zero-order valence-corrected chi connectivity index (χ0v) is 10.1. The van der Waals surface area contributed by atoms with Gasteiger partial charge in [0.15, 0.2) is 5.79 Å². The Morgan fingerprint density at radius 2 is 1.93 bits per heavy atom. The highest BCUT2D eigenvalue weighted by atomic mass is 16.7. The molecule has 15 heavy (non-hydrogen) atoms. The molecule has 0 radical (unpaired) electrons. The third-order valence-corrected chi connectivity index (χ3v) is 4.00. The lowest BCUT2D eigenvalue weighted by atomic mass is 9.79. The van der Waals surface area contributed by atoms with Crippen LogP contribution in [0.5, 0.6) is 0 Å². The van der Waals surface area contributed by atoms with Crippen LogP contribution in [0.1, 0.15) is 52.4 Å². The first kappa shape index (κ1) is 11.4. The minimum absolute atomic E-state index is 0.221. The fourth-order valence-electron chi connectivity index (χ4n) is 3.15. The molecule has 1 aliphatic carbocycles. The van der Waals surface area contributed by atoms with E-state index >= 15 is 0 Å². The lowest BCUT2D eigenvalue weighted by Crippen LogP contribution is -2.33. The predicted molar refractivity (Wildman–Crippen MR) is 60.7 cm³/mol. The van der Waals surface area contributed by atoms with E-state index in [-0.39, 0.29) is 5.79 Å². The van der Waals surface area contributed by atoms with E-state index in [2.05, 4.69) is 13.8 Å². The van der Waals surface area contributed by atoms with Crippen molar-refractivity contribution >= 4 is 0 Å². The molecule has 2 rings (SSSR count). The quantitative estimate of drug-likeness (QED) is 0.714.